The summed E-state index contributed by atoms with van der Waals surface area (Å²) in [5.41, 5.74) is 2.49. The van der Waals surface area contributed by atoms with Crippen LogP contribution in [-0.4, -0.2) is 48.6 Å². The van der Waals surface area contributed by atoms with E-state index >= 15 is 0 Å². The first-order valence-electron chi connectivity index (χ1n) is 11.2. The van der Waals surface area contributed by atoms with Crippen molar-refractivity contribution >= 4 is 44.0 Å². The average Bonchev–Trinajstić information content (AvgIpc) is 2.92. The van der Waals surface area contributed by atoms with Crippen molar-refractivity contribution in [3.05, 3.63) is 108 Å². The fourth-order valence-electron chi connectivity index (χ4n) is 2.93. The van der Waals surface area contributed by atoms with Crippen LogP contribution in [-0.2, 0) is 24.7 Å². The Balaban J connectivity index is 0.000000262. The molecule has 0 aromatic heterocycles. The van der Waals surface area contributed by atoms with Gasteiger partial charge in [0.15, 0.2) is 0 Å². The second kappa shape index (κ2) is 15.9. The predicted octanol–water partition coefficient (Wildman–Crippen LogP) is 4.32. The van der Waals surface area contributed by atoms with Crippen molar-refractivity contribution < 1.29 is 68.4 Å². The van der Waals surface area contributed by atoms with Gasteiger partial charge in [0.1, 0.15) is 9.79 Å². The van der Waals surface area contributed by atoms with Crippen LogP contribution in [0.15, 0.2) is 117 Å². The molecular formula is C26H26N2O10S2U+6. The van der Waals surface area contributed by atoms with Crippen LogP contribution in [0, 0.1) is 27.8 Å². The quantitative estimate of drug-likeness (QED) is 0.164. The van der Waals surface area contributed by atoms with Crippen molar-refractivity contribution in [2.75, 3.05) is 0 Å². The maximum absolute atomic E-state index is 11.0. The standard InChI is InChI=1S/2C13H11NO4S.2O.U/c2*15-13-4-2-1-3-10(13)9-14-11-5-7-12(8-6-11)19(16,17)18;;;/h2*1-9,15H,(H,16,17,18);;;/q;;;;+2/p+4. The van der Waals surface area contributed by atoms with Crippen LogP contribution < -0.4 is 0 Å². The van der Waals surface area contributed by atoms with Crippen molar-refractivity contribution in [3.8, 4) is 11.5 Å². The summed E-state index contributed by atoms with van der Waals surface area (Å²) >= 11 is -2.51. The molecule has 4 rings (SSSR count). The van der Waals surface area contributed by atoms with Crippen LogP contribution in [0.1, 0.15) is 11.1 Å². The normalized spacial score (nSPS) is 13.5. The fourth-order valence-corrected chi connectivity index (χ4v) is 3.91. The van der Waals surface area contributed by atoms with Gasteiger partial charge in [-0.25, -0.2) is 9.11 Å². The molecule has 0 radical (unpaired) electrons. The minimum atomic E-state index is -3.93. The Morgan fingerprint density at radius 2 is 0.902 bits per heavy atom. The molecule has 0 spiro atoms. The number of rotatable bonds is 6. The van der Waals surface area contributed by atoms with Crippen molar-refractivity contribution in [2.45, 2.75) is 9.79 Å². The molecule has 0 saturated heterocycles. The summed E-state index contributed by atoms with van der Waals surface area (Å²) in [7, 11) is -7.85. The third kappa shape index (κ3) is 11.7. The molecule has 0 saturated carbocycles. The maximum atomic E-state index is 11.0. The van der Waals surface area contributed by atoms with Crippen LogP contribution in [0.2, 0.25) is 0 Å². The van der Waals surface area contributed by atoms with E-state index in [2.05, 4.69) is 9.98 Å². The van der Waals surface area contributed by atoms with Crippen molar-refractivity contribution in [1.29, 1.82) is 0 Å². The van der Waals surface area contributed by atoms with E-state index in [-0.39, 0.29) is 9.79 Å². The van der Waals surface area contributed by atoms with Gasteiger partial charge >= 0.3 is 52.5 Å². The molecule has 12 nitrogen and oxygen atoms in total. The third-order valence-electron chi connectivity index (χ3n) is 4.91. The van der Waals surface area contributed by atoms with Gasteiger partial charge in [-0.3, -0.25) is 9.98 Å². The molecule has 0 aliphatic carbocycles. The zero-order valence-electron chi connectivity index (χ0n) is 21.0. The van der Waals surface area contributed by atoms with Gasteiger partial charge in [0.25, 0.3) is 11.5 Å². The second-order valence-electron chi connectivity index (χ2n) is 7.76. The van der Waals surface area contributed by atoms with Crippen LogP contribution in [0.5, 0.6) is 11.5 Å². The Labute approximate surface area is 250 Å². The zero-order chi connectivity index (χ0) is 30.5. The Morgan fingerprint density at radius 3 is 1.17 bits per heavy atom. The molecule has 0 amide bonds. The van der Waals surface area contributed by atoms with E-state index in [4.69, 9.17) is 32.2 Å². The van der Waals surface area contributed by atoms with Crippen molar-refractivity contribution in [3.63, 3.8) is 0 Å². The van der Waals surface area contributed by atoms with E-state index in [1.165, 1.54) is 48.5 Å². The second-order valence-corrected chi connectivity index (χ2v) is 11.4. The number of aliphatic imine (C=N–C) groups is 2. The molecule has 0 aliphatic rings. The van der Waals surface area contributed by atoms with E-state index in [1.54, 1.807) is 48.8 Å². The Hall–Kier alpha value is -3.71. The van der Waals surface area contributed by atoms with Gasteiger partial charge in [-0.05, 0) is 60.7 Å². The van der Waals surface area contributed by atoms with Gasteiger partial charge in [0.2, 0.25) is 0 Å². The summed E-state index contributed by atoms with van der Waals surface area (Å²) in [6.07, 6.45) is 3.10. The molecule has 0 bridgehead atoms. The van der Waals surface area contributed by atoms with E-state index in [0.717, 1.165) is 0 Å². The van der Waals surface area contributed by atoms with Gasteiger partial charge in [0.05, 0.1) is 22.5 Å². The van der Waals surface area contributed by atoms with Crippen LogP contribution >= 0.6 is 0 Å². The summed E-state index contributed by atoms with van der Waals surface area (Å²) in [4.78, 5) is 8.19. The Morgan fingerprint density at radius 1 is 0.610 bits per heavy atom. The molecule has 2 atom stereocenters. The SMILES string of the molecule is O=S(O)(=[OH+])c1ccc(N=Cc2ccccc2[OH2+])cc1.O=S(O)(=[OH+])c1ccc(N=Cc2ccccc2[OH2+])cc1.[O]=[U+2]=[O]. The number of benzene rings is 4. The van der Waals surface area contributed by atoms with Crippen molar-refractivity contribution in [1.82, 2.24) is 0 Å². The summed E-state index contributed by atoms with van der Waals surface area (Å²) in [6, 6.07) is 25.5. The van der Waals surface area contributed by atoms with E-state index in [1.807, 2.05) is 12.1 Å². The van der Waals surface area contributed by atoms with Gasteiger partial charge in [-0.1, -0.05) is 24.3 Å². The summed E-state index contributed by atoms with van der Waals surface area (Å²) < 4.78 is 74.9. The van der Waals surface area contributed by atoms with E-state index < -0.39 is 48.1 Å². The Kier molecular flexibility index (Phi) is 13.0. The number of nitrogens with zero attached hydrogens (tertiary/aromatic N) is 2. The van der Waals surface area contributed by atoms with E-state index in [9.17, 15) is 8.42 Å². The molecule has 4 aromatic rings. The predicted molar refractivity (Wildman–Crippen MR) is 150 cm³/mol. The molecule has 4 aromatic carbocycles. The number of hydrogen-bond acceptors (Lipinski definition) is 6. The molecule has 2 unspecified atom stereocenters. The molecule has 0 fully saturated rings. The summed E-state index contributed by atoms with van der Waals surface area (Å²) in [6.45, 7) is 0. The Bertz CT molecular complexity index is 1640. The average molecular weight is 829 g/mol. The first kappa shape index (κ1) is 33.5. The first-order chi connectivity index (χ1) is 19.3. The zero-order valence-corrected chi connectivity index (χ0v) is 26.8. The third-order valence-corrected chi connectivity index (χ3v) is 6.69. The first-order valence-corrected chi connectivity index (χ1v) is 17.6. The molecule has 41 heavy (non-hydrogen) atoms. The summed E-state index contributed by atoms with van der Waals surface area (Å²) in [5, 5.41) is 15.3. The molecular weight excluding hydrogens is 802 g/mol. The summed E-state index contributed by atoms with van der Waals surface area (Å²) in [5.74, 6) is 0.744. The van der Waals surface area contributed by atoms with Gasteiger partial charge < -0.3 is 10.2 Å². The number of para-hydroxylation sites is 2. The van der Waals surface area contributed by atoms with Gasteiger partial charge in [-0.2, -0.15) is 8.42 Å². The molecule has 0 aliphatic heterocycles. The van der Waals surface area contributed by atoms with Crippen molar-refractivity contribution in [2.24, 2.45) is 9.98 Å². The molecule has 0 heterocycles. The monoisotopic (exact) mass is 828 g/mol. The van der Waals surface area contributed by atoms with E-state index in [0.29, 0.717) is 34.0 Å². The van der Waals surface area contributed by atoms with Crippen LogP contribution in [0.4, 0.5) is 11.4 Å². The van der Waals surface area contributed by atoms with Crippen LogP contribution in [0.25, 0.3) is 0 Å². The fraction of sp³-hybridized carbons (Fsp3) is 0. The minimum absolute atomic E-state index is 0.0626. The topological polar surface area (TPSA) is 222 Å². The molecule has 8 N–H and O–H groups in total. The molecule has 210 valence electrons. The molecule has 15 heteroatoms. The van der Waals surface area contributed by atoms with Crippen LogP contribution in [0.3, 0.4) is 0 Å². The number of hydrogen-bond donors (Lipinski definition) is 2. The van der Waals surface area contributed by atoms with Gasteiger partial charge in [0, 0.05) is 24.6 Å². The van der Waals surface area contributed by atoms with Gasteiger partial charge in [-0.15, -0.1) is 8.42 Å².